The van der Waals surface area contributed by atoms with Crippen LogP contribution >= 0.6 is 0 Å². The van der Waals surface area contributed by atoms with Gasteiger partial charge >= 0.3 is 5.97 Å². The third kappa shape index (κ3) is 3.09. The van der Waals surface area contributed by atoms with Gasteiger partial charge < -0.3 is 14.2 Å². The molecule has 2 unspecified atom stereocenters. The molecule has 4 bridgehead atoms. The summed E-state index contributed by atoms with van der Waals surface area (Å²) < 4.78 is 17.6. The highest BCUT2D eigenvalue weighted by Gasteiger charge is 2.60. The molecule has 124 valence electrons. The van der Waals surface area contributed by atoms with Gasteiger partial charge in [0.15, 0.2) is 0 Å². The molecule has 4 rings (SSSR count). The molecule has 4 nitrogen and oxygen atoms in total. The van der Waals surface area contributed by atoms with Crippen molar-refractivity contribution < 1.29 is 19.0 Å². The van der Waals surface area contributed by atoms with Gasteiger partial charge in [-0.2, -0.15) is 0 Å². The van der Waals surface area contributed by atoms with Crippen molar-refractivity contribution in [3.63, 3.8) is 0 Å². The molecule has 0 heterocycles. The van der Waals surface area contributed by atoms with Crippen LogP contribution in [0.5, 0.6) is 0 Å². The summed E-state index contributed by atoms with van der Waals surface area (Å²) in [6, 6.07) is 0. The van der Waals surface area contributed by atoms with Gasteiger partial charge in [-0.1, -0.05) is 6.58 Å². The van der Waals surface area contributed by atoms with E-state index in [1.165, 1.54) is 6.42 Å². The maximum Gasteiger partial charge on any atom is 0.333 e. The zero-order valence-electron chi connectivity index (χ0n) is 13.9. The first-order valence-electron chi connectivity index (χ1n) is 8.56. The fourth-order valence-corrected chi connectivity index (χ4v) is 5.13. The molecule has 0 saturated heterocycles. The Bertz CT molecular complexity index is 442. The van der Waals surface area contributed by atoms with Crippen LogP contribution < -0.4 is 0 Å². The molecule has 4 aliphatic carbocycles. The summed E-state index contributed by atoms with van der Waals surface area (Å²) in [7, 11) is 0. The van der Waals surface area contributed by atoms with Crippen LogP contribution in [0.2, 0.25) is 0 Å². The van der Waals surface area contributed by atoms with Gasteiger partial charge in [0.05, 0.1) is 18.8 Å². The van der Waals surface area contributed by atoms with Crippen molar-refractivity contribution >= 4 is 5.97 Å². The van der Waals surface area contributed by atoms with Crippen molar-refractivity contribution in [2.24, 2.45) is 11.8 Å². The molecular formula is C18H28O4. The van der Waals surface area contributed by atoms with Crippen LogP contribution in [0.4, 0.5) is 0 Å². The van der Waals surface area contributed by atoms with E-state index in [1.54, 1.807) is 6.92 Å². The van der Waals surface area contributed by atoms with Crippen LogP contribution in [0.3, 0.4) is 0 Å². The Morgan fingerprint density at radius 1 is 1.14 bits per heavy atom. The smallest absolute Gasteiger partial charge is 0.333 e. The minimum absolute atomic E-state index is 0.101. The van der Waals surface area contributed by atoms with Crippen LogP contribution in [-0.4, -0.2) is 37.0 Å². The Morgan fingerprint density at radius 2 is 1.77 bits per heavy atom. The van der Waals surface area contributed by atoms with Gasteiger partial charge in [-0.15, -0.1) is 0 Å². The molecule has 0 radical (unpaired) electrons. The van der Waals surface area contributed by atoms with Gasteiger partial charge in [-0.25, -0.2) is 4.79 Å². The SMILES string of the molecule is C=C(C)C(=O)OC12CC3CC(CC(OCCOCC)(C3)C1)C2. The molecule has 2 atom stereocenters. The Morgan fingerprint density at radius 3 is 2.36 bits per heavy atom. The molecule has 0 spiro atoms. The second kappa shape index (κ2) is 5.97. The highest BCUT2D eigenvalue weighted by molar-refractivity contribution is 5.87. The van der Waals surface area contributed by atoms with Crippen LogP contribution in [-0.2, 0) is 19.0 Å². The second-order valence-corrected chi connectivity index (χ2v) is 7.54. The first kappa shape index (κ1) is 16.0. The molecule has 0 aliphatic heterocycles. The number of rotatable bonds is 7. The summed E-state index contributed by atoms with van der Waals surface area (Å²) in [5, 5.41) is 0. The zero-order chi connectivity index (χ0) is 15.8. The summed E-state index contributed by atoms with van der Waals surface area (Å²) in [5.74, 6) is 1.02. The lowest BCUT2D eigenvalue weighted by Crippen LogP contribution is -2.61. The number of carbonyl (C=O) groups excluding carboxylic acids is 1. The van der Waals surface area contributed by atoms with Crippen LogP contribution in [0.1, 0.15) is 52.4 Å². The van der Waals surface area contributed by atoms with E-state index in [4.69, 9.17) is 14.2 Å². The van der Waals surface area contributed by atoms with E-state index < -0.39 is 0 Å². The van der Waals surface area contributed by atoms with Gasteiger partial charge in [0.2, 0.25) is 0 Å². The molecule has 22 heavy (non-hydrogen) atoms. The lowest BCUT2D eigenvalue weighted by molar-refractivity contribution is -0.234. The molecule has 0 aromatic rings. The molecule has 4 saturated carbocycles. The van der Waals surface area contributed by atoms with Crippen molar-refractivity contribution in [2.75, 3.05) is 19.8 Å². The van der Waals surface area contributed by atoms with E-state index in [9.17, 15) is 4.79 Å². The Balaban J connectivity index is 1.69. The largest absolute Gasteiger partial charge is 0.456 e. The summed E-state index contributed by atoms with van der Waals surface area (Å²) in [5.41, 5.74) is 0.0736. The highest BCUT2D eigenvalue weighted by Crippen LogP contribution is 2.60. The third-order valence-electron chi connectivity index (χ3n) is 5.45. The number of carbonyl (C=O) groups is 1. The van der Waals surface area contributed by atoms with E-state index in [0.717, 1.165) is 38.7 Å². The predicted octanol–water partition coefficient (Wildman–Crippen LogP) is 3.25. The monoisotopic (exact) mass is 308 g/mol. The Kier molecular flexibility index (Phi) is 4.34. The molecule has 4 aliphatic rings. The highest BCUT2D eigenvalue weighted by atomic mass is 16.6. The number of hydrogen-bond donors (Lipinski definition) is 0. The fourth-order valence-electron chi connectivity index (χ4n) is 5.13. The maximum atomic E-state index is 12.0. The standard InChI is InChI=1S/C18H28O4/c1-4-20-5-6-21-17-8-14-7-15(9-17)11-18(10-14,12-17)22-16(19)13(2)3/h14-15H,2,4-12H2,1,3H3. The molecule has 0 amide bonds. The van der Waals surface area contributed by atoms with E-state index in [1.807, 2.05) is 6.92 Å². The quantitative estimate of drug-likeness (QED) is 0.411. The molecule has 0 N–H and O–H groups in total. The van der Waals surface area contributed by atoms with Gasteiger partial charge in [0.25, 0.3) is 0 Å². The van der Waals surface area contributed by atoms with Gasteiger partial charge in [-0.05, 0) is 57.8 Å². The maximum absolute atomic E-state index is 12.0. The number of ether oxygens (including phenoxy) is 3. The van der Waals surface area contributed by atoms with Crippen molar-refractivity contribution in [1.82, 2.24) is 0 Å². The summed E-state index contributed by atoms with van der Waals surface area (Å²) in [6.45, 7) is 9.44. The predicted molar refractivity (Wildman–Crippen MR) is 83.5 cm³/mol. The Hall–Kier alpha value is -0.870. The summed E-state index contributed by atoms with van der Waals surface area (Å²) in [6.07, 6.45) is 6.34. The van der Waals surface area contributed by atoms with E-state index in [2.05, 4.69) is 6.58 Å². The van der Waals surface area contributed by atoms with Crippen molar-refractivity contribution in [3.05, 3.63) is 12.2 Å². The molecular weight excluding hydrogens is 280 g/mol. The van der Waals surface area contributed by atoms with Crippen molar-refractivity contribution in [1.29, 1.82) is 0 Å². The average Bonchev–Trinajstić information content (AvgIpc) is 2.41. The molecule has 0 aromatic carbocycles. The van der Waals surface area contributed by atoms with Crippen molar-refractivity contribution in [3.8, 4) is 0 Å². The summed E-state index contributed by atoms with van der Waals surface area (Å²) in [4.78, 5) is 12.0. The van der Waals surface area contributed by atoms with Gasteiger partial charge in [0.1, 0.15) is 5.60 Å². The van der Waals surface area contributed by atoms with E-state index >= 15 is 0 Å². The lowest BCUT2D eigenvalue weighted by atomic mass is 9.52. The van der Waals surface area contributed by atoms with E-state index in [0.29, 0.717) is 30.6 Å². The third-order valence-corrected chi connectivity index (χ3v) is 5.45. The zero-order valence-corrected chi connectivity index (χ0v) is 13.9. The average molecular weight is 308 g/mol. The Labute approximate surface area is 133 Å². The van der Waals surface area contributed by atoms with Crippen LogP contribution in [0.25, 0.3) is 0 Å². The topological polar surface area (TPSA) is 44.8 Å². The first-order chi connectivity index (χ1) is 10.5. The number of hydrogen-bond acceptors (Lipinski definition) is 4. The van der Waals surface area contributed by atoms with Gasteiger partial charge in [-0.3, -0.25) is 0 Å². The normalized spacial score (nSPS) is 39.0. The first-order valence-corrected chi connectivity index (χ1v) is 8.56. The molecule has 0 aromatic heterocycles. The fraction of sp³-hybridized carbons (Fsp3) is 0.833. The minimum atomic E-state index is -0.314. The van der Waals surface area contributed by atoms with Crippen LogP contribution in [0.15, 0.2) is 12.2 Å². The van der Waals surface area contributed by atoms with Crippen LogP contribution in [0, 0.1) is 11.8 Å². The van der Waals surface area contributed by atoms with E-state index in [-0.39, 0.29) is 17.2 Å². The van der Waals surface area contributed by atoms with Crippen molar-refractivity contribution in [2.45, 2.75) is 63.6 Å². The van der Waals surface area contributed by atoms with Gasteiger partial charge in [0, 0.05) is 18.6 Å². The second-order valence-electron chi connectivity index (χ2n) is 7.54. The summed E-state index contributed by atoms with van der Waals surface area (Å²) >= 11 is 0. The molecule has 4 fully saturated rings. The number of esters is 1. The molecule has 4 heteroatoms. The minimum Gasteiger partial charge on any atom is -0.456 e. The lowest BCUT2D eigenvalue weighted by Gasteiger charge is -2.60.